The average molecular weight is 495 g/mol. The van der Waals surface area contributed by atoms with Gasteiger partial charge in [-0.3, -0.25) is 14.2 Å². The molecule has 3 aliphatic rings. The number of hydrogen-bond acceptors (Lipinski definition) is 8. The molecule has 3 aliphatic carbocycles. The van der Waals surface area contributed by atoms with Gasteiger partial charge in [-0.05, 0) is 70.3 Å². The van der Waals surface area contributed by atoms with Gasteiger partial charge in [0.2, 0.25) is 5.95 Å². The standard InChI is InChI=1S/C25H30N6O3S/c1-13-23(14(2)34-30-13)28-25-29-27-12-31(25)17-7-8-20-18(9-17)22(24(33)26-11-15-3-4-15)21(35-20)10-19(32)16-5-6-16/h12,15-17H,3-11H2,1-2H3,(H,26,33)(H,28,29)/t17-/m0/s1. The van der Waals surface area contributed by atoms with Crippen molar-refractivity contribution in [2.24, 2.45) is 11.8 Å². The summed E-state index contributed by atoms with van der Waals surface area (Å²) in [6.07, 6.45) is 8.97. The maximum absolute atomic E-state index is 13.4. The summed E-state index contributed by atoms with van der Waals surface area (Å²) in [5.41, 5.74) is 3.40. The van der Waals surface area contributed by atoms with Gasteiger partial charge < -0.3 is 15.2 Å². The lowest BCUT2D eigenvalue weighted by atomic mass is 9.90. The predicted molar refractivity (Wildman–Crippen MR) is 131 cm³/mol. The molecule has 0 radical (unpaired) electrons. The third kappa shape index (κ3) is 4.51. The van der Waals surface area contributed by atoms with Crippen LogP contribution in [0.5, 0.6) is 0 Å². The van der Waals surface area contributed by atoms with E-state index in [0.29, 0.717) is 30.5 Å². The zero-order valence-electron chi connectivity index (χ0n) is 20.1. The van der Waals surface area contributed by atoms with Crippen molar-refractivity contribution in [2.45, 2.75) is 71.3 Å². The fourth-order valence-electron chi connectivity index (χ4n) is 4.98. The maximum atomic E-state index is 13.4. The first-order chi connectivity index (χ1) is 17.0. The van der Waals surface area contributed by atoms with Crippen LogP contribution in [0.1, 0.15) is 75.3 Å². The van der Waals surface area contributed by atoms with Gasteiger partial charge in [0.05, 0.1) is 5.56 Å². The van der Waals surface area contributed by atoms with Crippen LogP contribution in [-0.2, 0) is 24.1 Å². The first-order valence-corrected chi connectivity index (χ1v) is 13.3. The Morgan fingerprint density at radius 1 is 1.20 bits per heavy atom. The minimum atomic E-state index is -0.0218. The molecule has 3 aromatic rings. The molecule has 0 spiro atoms. The fraction of sp³-hybridized carbons (Fsp3) is 0.560. The van der Waals surface area contributed by atoms with Crippen molar-refractivity contribution in [2.75, 3.05) is 11.9 Å². The third-order valence-electron chi connectivity index (χ3n) is 7.39. The summed E-state index contributed by atoms with van der Waals surface area (Å²) in [4.78, 5) is 28.2. The summed E-state index contributed by atoms with van der Waals surface area (Å²) in [5, 5.41) is 19.0. The van der Waals surface area contributed by atoms with Gasteiger partial charge >= 0.3 is 0 Å². The van der Waals surface area contributed by atoms with Gasteiger partial charge in [-0.15, -0.1) is 21.5 Å². The lowest BCUT2D eigenvalue weighted by Crippen LogP contribution is -2.28. The molecule has 184 valence electrons. The molecule has 6 rings (SSSR count). The molecular formula is C25H30N6O3S. The highest BCUT2D eigenvalue weighted by atomic mass is 32.1. The second kappa shape index (κ2) is 8.89. The Balaban J connectivity index is 1.28. The number of carbonyl (C=O) groups excluding carboxylic acids is 2. The molecule has 35 heavy (non-hydrogen) atoms. The van der Waals surface area contributed by atoms with Crippen molar-refractivity contribution in [1.82, 2.24) is 25.2 Å². The number of carbonyl (C=O) groups is 2. The van der Waals surface area contributed by atoms with Crippen molar-refractivity contribution >= 4 is 34.7 Å². The van der Waals surface area contributed by atoms with Crippen LogP contribution in [0.4, 0.5) is 11.6 Å². The van der Waals surface area contributed by atoms with Crippen LogP contribution in [0.25, 0.3) is 0 Å². The van der Waals surface area contributed by atoms with Gasteiger partial charge in [0.1, 0.15) is 23.5 Å². The van der Waals surface area contributed by atoms with Crippen LogP contribution in [0.3, 0.4) is 0 Å². The van der Waals surface area contributed by atoms with E-state index in [4.69, 9.17) is 4.52 Å². The molecule has 1 atom stereocenters. The highest BCUT2D eigenvalue weighted by Gasteiger charge is 2.35. The molecular weight excluding hydrogens is 464 g/mol. The van der Waals surface area contributed by atoms with Gasteiger partial charge in [-0.2, -0.15) is 0 Å². The minimum absolute atomic E-state index is 0.0218. The van der Waals surface area contributed by atoms with E-state index < -0.39 is 0 Å². The highest BCUT2D eigenvalue weighted by molar-refractivity contribution is 7.12. The van der Waals surface area contributed by atoms with Crippen molar-refractivity contribution in [3.63, 3.8) is 0 Å². The number of rotatable bonds is 9. The van der Waals surface area contributed by atoms with Crippen LogP contribution in [-0.4, -0.2) is 38.2 Å². The molecule has 0 bridgehead atoms. The number of thiophene rings is 1. The molecule has 0 unspecified atom stereocenters. The molecule has 9 nitrogen and oxygen atoms in total. The molecule has 0 aliphatic heterocycles. The monoisotopic (exact) mass is 494 g/mol. The van der Waals surface area contributed by atoms with E-state index in [-0.39, 0.29) is 23.7 Å². The van der Waals surface area contributed by atoms with Gasteiger partial charge in [0.25, 0.3) is 5.91 Å². The number of fused-ring (bicyclic) bond motifs is 1. The van der Waals surface area contributed by atoms with Gasteiger partial charge in [-0.1, -0.05) is 5.16 Å². The Morgan fingerprint density at radius 2 is 2.03 bits per heavy atom. The number of aromatic nitrogens is 4. The summed E-state index contributed by atoms with van der Waals surface area (Å²) in [6, 6.07) is 0.108. The number of amides is 1. The Morgan fingerprint density at radius 3 is 2.74 bits per heavy atom. The van der Waals surface area contributed by atoms with Crippen LogP contribution < -0.4 is 10.6 Å². The van der Waals surface area contributed by atoms with Gasteiger partial charge in [0.15, 0.2) is 5.76 Å². The first kappa shape index (κ1) is 22.5. The van der Waals surface area contributed by atoms with E-state index in [1.54, 1.807) is 17.7 Å². The number of aryl methyl sites for hydroxylation is 3. The van der Waals surface area contributed by atoms with Gasteiger partial charge in [0, 0.05) is 34.7 Å². The predicted octanol–water partition coefficient (Wildman–Crippen LogP) is 4.08. The van der Waals surface area contributed by atoms with Crippen molar-refractivity contribution < 1.29 is 14.1 Å². The number of nitrogens with zero attached hydrogens (tertiary/aromatic N) is 4. The van der Waals surface area contributed by atoms with E-state index in [9.17, 15) is 9.59 Å². The first-order valence-electron chi connectivity index (χ1n) is 12.5. The topological polar surface area (TPSA) is 115 Å². The minimum Gasteiger partial charge on any atom is -0.359 e. The molecule has 3 aromatic heterocycles. The average Bonchev–Trinajstić information content (AvgIpc) is 3.76. The number of Topliss-reactive ketones (excluding diaryl/α,β-unsaturated/α-hetero) is 1. The summed E-state index contributed by atoms with van der Waals surface area (Å²) < 4.78 is 7.33. The summed E-state index contributed by atoms with van der Waals surface area (Å²) in [5.74, 6) is 2.38. The second-order valence-corrected chi connectivity index (χ2v) is 11.3. The van der Waals surface area contributed by atoms with Crippen LogP contribution in [0.2, 0.25) is 0 Å². The largest absolute Gasteiger partial charge is 0.359 e. The molecule has 3 heterocycles. The van der Waals surface area contributed by atoms with Crippen LogP contribution in [0, 0.1) is 25.7 Å². The van der Waals surface area contributed by atoms with Crippen molar-refractivity contribution in [3.8, 4) is 0 Å². The van der Waals surface area contributed by atoms with E-state index in [0.717, 1.165) is 59.6 Å². The Bertz CT molecular complexity index is 1260. The smallest absolute Gasteiger partial charge is 0.252 e. The van der Waals surface area contributed by atoms with E-state index in [1.165, 1.54) is 17.7 Å². The van der Waals surface area contributed by atoms with Crippen molar-refractivity contribution in [3.05, 3.63) is 38.7 Å². The Kier molecular flexibility index (Phi) is 5.70. The van der Waals surface area contributed by atoms with Crippen molar-refractivity contribution in [1.29, 1.82) is 0 Å². The summed E-state index contributed by atoms with van der Waals surface area (Å²) in [6.45, 7) is 4.47. The van der Waals surface area contributed by atoms with E-state index in [2.05, 4.69) is 26.0 Å². The lowest BCUT2D eigenvalue weighted by molar-refractivity contribution is -0.119. The normalized spacial score (nSPS) is 19.4. The van der Waals surface area contributed by atoms with Gasteiger partial charge in [-0.25, -0.2) is 0 Å². The van der Waals surface area contributed by atoms with Crippen LogP contribution in [0.15, 0.2) is 10.9 Å². The molecule has 0 aromatic carbocycles. The molecule has 10 heteroatoms. The van der Waals surface area contributed by atoms with E-state index >= 15 is 0 Å². The number of nitrogens with one attached hydrogen (secondary N) is 2. The second-order valence-electron chi connectivity index (χ2n) is 10.2. The zero-order valence-corrected chi connectivity index (χ0v) is 20.9. The van der Waals surface area contributed by atoms with E-state index in [1.807, 2.05) is 18.4 Å². The number of hydrogen-bond donors (Lipinski definition) is 2. The number of anilines is 2. The quantitative estimate of drug-likeness (QED) is 0.461. The summed E-state index contributed by atoms with van der Waals surface area (Å²) >= 11 is 1.67. The molecule has 2 saturated carbocycles. The Hall–Kier alpha value is -3.01. The number of ketones is 1. The third-order valence-corrected chi connectivity index (χ3v) is 8.68. The maximum Gasteiger partial charge on any atom is 0.252 e. The molecule has 2 N–H and O–H groups in total. The lowest BCUT2D eigenvalue weighted by Gasteiger charge is -2.25. The van der Waals surface area contributed by atoms with Crippen LogP contribution >= 0.6 is 11.3 Å². The molecule has 1 amide bonds. The Labute approximate surface area is 207 Å². The molecule has 2 fully saturated rings. The fourth-order valence-corrected chi connectivity index (χ4v) is 6.33. The highest BCUT2D eigenvalue weighted by Crippen LogP contribution is 2.41. The summed E-state index contributed by atoms with van der Waals surface area (Å²) in [7, 11) is 0. The SMILES string of the molecule is Cc1noc(C)c1Nc1nncn1[C@H]1CCc2sc(CC(=O)C3CC3)c(C(=O)NCC3CC3)c2C1. The zero-order chi connectivity index (χ0) is 24.1. The molecule has 0 saturated heterocycles.